The standard InChI is InChI=1S/C25H22Cl2F3N3O5S/c1-11-23(33-9-20(31-32-33)14-6-18(28)22(30)19(29)7-14)24(37-13(3)35)21(10-36-12(2)34)38-25(11)39-15-4-5-16(26)17(27)8-15/h4-9,11,21,23-25H,10H2,1-3H3/t11?,21?,23-,24+,25-/m1/s1. The minimum absolute atomic E-state index is 0.0420. The number of ether oxygens (including phenoxy) is 3. The zero-order valence-corrected chi connectivity index (χ0v) is 23.1. The van der Waals surface area contributed by atoms with Crippen LogP contribution in [-0.2, 0) is 23.8 Å². The summed E-state index contributed by atoms with van der Waals surface area (Å²) in [7, 11) is 0. The van der Waals surface area contributed by atoms with Gasteiger partial charge in [-0.2, -0.15) is 0 Å². The normalized spacial score (nSPS) is 22.9. The molecule has 1 saturated heterocycles. The lowest BCUT2D eigenvalue weighted by atomic mass is 9.90. The third-order valence-electron chi connectivity index (χ3n) is 5.97. The highest BCUT2D eigenvalue weighted by atomic mass is 35.5. The van der Waals surface area contributed by atoms with Gasteiger partial charge < -0.3 is 14.2 Å². The van der Waals surface area contributed by atoms with E-state index in [1.165, 1.54) is 36.5 Å². The van der Waals surface area contributed by atoms with E-state index in [1.807, 2.05) is 6.92 Å². The Kier molecular flexibility index (Phi) is 9.10. The number of hydrogen-bond acceptors (Lipinski definition) is 8. The number of aromatic nitrogens is 3. The summed E-state index contributed by atoms with van der Waals surface area (Å²) in [6, 6.07) is 5.95. The van der Waals surface area contributed by atoms with Crippen LogP contribution in [0.5, 0.6) is 0 Å². The molecule has 0 N–H and O–H groups in total. The monoisotopic (exact) mass is 603 g/mol. The van der Waals surface area contributed by atoms with E-state index in [-0.39, 0.29) is 17.9 Å². The topological polar surface area (TPSA) is 92.5 Å². The lowest BCUT2D eigenvalue weighted by molar-refractivity contribution is -0.191. The van der Waals surface area contributed by atoms with Gasteiger partial charge in [0.1, 0.15) is 23.8 Å². The van der Waals surface area contributed by atoms with Gasteiger partial charge in [0, 0.05) is 30.2 Å². The predicted octanol–water partition coefficient (Wildman–Crippen LogP) is 5.86. The average Bonchev–Trinajstić information content (AvgIpc) is 3.35. The van der Waals surface area contributed by atoms with Crippen LogP contribution < -0.4 is 0 Å². The van der Waals surface area contributed by atoms with Crippen molar-refractivity contribution in [2.75, 3.05) is 6.61 Å². The van der Waals surface area contributed by atoms with Gasteiger partial charge in [0.15, 0.2) is 23.6 Å². The third-order valence-corrected chi connectivity index (χ3v) is 8.01. The molecule has 1 aromatic heterocycles. The van der Waals surface area contributed by atoms with E-state index in [9.17, 15) is 22.8 Å². The van der Waals surface area contributed by atoms with Crippen LogP contribution in [0, 0.1) is 23.4 Å². The highest BCUT2D eigenvalue weighted by molar-refractivity contribution is 7.99. The molecule has 8 nitrogen and oxygen atoms in total. The van der Waals surface area contributed by atoms with E-state index in [0.29, 0.717) is 10.0 Å². The second-order valence-corrected chi connectivity index (χ2v) is 10.8. The number of esters is 2. The Morgan fingerprint density at radius 1 is 1.08 bits per heavy atom. The molecular weight excluding hydrogens is 582 g/mol. The molecule has 1 aliphatic rings. The molecule has 0 radical (unpaired) electrons. The lowest BCUT2D eigenvalue weighted by Crippen LogP contribution is -2.53. The summed E-state index contributed by atoms with van der Waals surface area (Å²) < 4.78 is 59.7. The Morgan fingerprint density at radius 2 is 1.77 bits per heavy atom. The van der Waals surface area contributed by atoms with E-state index in [4.69, 9.17) is 37.4 Å². The first kappa shape index (κ1) is 29.2. The van der Waals surface area contributed by atoms with Gasteiger partial charge >= 0.3 is 11.9 Å². The van der Waals surface area contributed by atoms with Gasteiger partial charge in [0.25, 0.3) is 0 Å². The number of carbonyl (C=O) groups excluding carboxylic acids is 2. The first-order valence-electron chi connectivity index (χ1n) is 11.6. The van der Waals surface area contributed by atoms with E-state index < -0.39 is 59.0 Å². The summed E-state index contributed by atoms with van der Waals surface area (Å²) in [5, 5.41) is 8.85. The van der Waals surface area contributed by atoms with Crippen LogP contribution in [0.2, 0.25) is 10.0 Å². The Labute approximate surface area is 235 Å². The van der Waals surface area contributed by atoms with Crippen molar-refractivity contribution in [3.8, 4) is 11.3 Å². The molecule has 0 spiro atoms. The van der Waals surface area contributed by atoms with Crippen LogP contribution in [-0.4, -0.2) is 51.2 Å². The number of rotatable bonds is 7. The predicted molar refractivity (Wildman–Crippen MR) is 137 cm³/mol. The maximum atomic E-state index is 13.9. The number of hydrogen-bond donors (Lipinski definition) is 0. The molecule has 4 rings (SSSR count). The molecule has 0 aliphatic carbocycles. The number of benzene rings is 2. The van der Waals surface area contributed by atoms with Crippen LogP contribution in [0.4, 0.5) is 13.2 Å². The molecule has 0 bridgehead atoms. The zero-order valence-electron chi connectivity index (χ0n) is 20.7. The van der Waals surface area contributed by atoms with Crippen molar-refractivity contribution in [2.24, 2.45) is 5.92 Å². The molecular formula is C25H22Cl2F3N3O5S. The van der Waals surface area contributed by atoms with E-state index in [2.05, 4.69) is 10.3 Å². The molecule has 14 heteroatoms. The first-order valence-corrected chi connectivity index (χ1v) is 13.2. The number of thioether (sulfide) groups is 1. The van der Waals surface area contributed by atoms with Crippen molar-refractivity contribution in [1.82, 2.24) is 15.0 Å². The summed E-state index contributed by atoms with van der Waals surface area (Å²) in [5.41, 5.74) is -0.578. The van der Waals surface area contributed by atoms with Crippen molar-refractivity contribution in [1.29, 1.82) is 0 Å². The molecule has 2 unspecified atom stereocenters. The Balaban J connectivity index is 1.73. The van der Waals surface area contributed by atoms with Crippen LogP contribution in [0.25, 0.3) is 11.3 Å². The van der Waals surface area contributed by atoms with Crippen molar-refractivity contribution < 1.29 is 37.0 Å². The van der Waals surface area contributed by atoms with Crippen molar-refractivity contribution in [2.45, 2.75) is 49.4 Å². The molecule has 2 heterocycles. The molecule has 0 amide bonds. The van der Waals surface area contributed by atoms with E-state index >= 15 is 0 Å². The van der Waals surface area contributed by atoms with Crippen molar-refractivity contribution >= 4 is 46.9 Å². The molecule has 208 valence electrons. The first-order chi connectivity index (χ1) is 18.4. The fraction of sp³-hybridized carbons (Fsp3) is 0.360. The van der Waals surface area contributed by atoms with Gasteiger partial charge in [-0.1, -0.05) is 47.1 Å². The fourth-order valence-electron chi connectivity index (χ4n) is 4.19. The number of halogens is 5. The van der Waals surface area contributed by atoms with Gasteiger partial charge in [0.2, 0.25) is 0 Å². The Hall–Kier alpha value is -2.80. The maximum Gasteiger partial charge on any atom is 0.303 e. The van der Waals surface area contributed by atoms with Crippen LogP contribution >= 0.6 is 35.0 Å². The highest BCUT2D eigenvalue weighted by Gasteiger charge is 2.48. The van der Waals surface area contributed by atoms with Crippen molar-refractivity contribution in [3.63, 3.8) is 0 Å². The van der Waals surface area contributed by atoms with Gasteiger partial charge in [-0.15, -0.1) is 5.10 Å². The third kappa shape index (κ3) is 6.68. The SMILES string of the molecule is CC(=O)OCC1O[C@H](Sc2ccc(Cl)c(Cl)c2)C(C)[C@@H](n2cc(-c3cc(F)c(F)c(F)c3)nn2)[C@H]1OC(C)=O. The summed E-state index contributed by atoms with van der Waals surface area (Å²) in [6.07, 6.45) is -0.495. The summed E-state index contributed by atoms with van der Waals surface area (Å²) in [4.78, 5) is 24.4. The lowest BCUT2D eigenvalue weighted by Gasteiger charge is -2.44. The fourth-order valence-corrected chi connectivity index (χ4v) is 5.73. The Morgan fingerprint density at radius 3 is 2.38 bits per heavy atom. The van der Waals surface area contributed by atoms with Crippen LogP contribution in [0.15, 0.2) is 41.4 Å². The summed E-state index contributed by atoms with van der Waals surface area (Å²) in [6.45, 7) is 4.05. The molecule has 1 fully saturated rings. The van der Waals surface area contributed by atoms with Gasteiger partial charge in [-0.25, -0.2) is 17.9 Å². The second kappa shape index (κ2) is 12.2. The van der Waals surface area contributed by atoms with Crippen molar-refractivity contribution in [3.05, 3.63) is 64.0 Å². The summed E-state index contributed by atoms with van der Waals surface area (Å²) in [5.74, 6) is -5.96. The van der Waals surface area contributed by atoms with Gasteiger partial charge in [-0.3, -0.25) is 9.59 Å². The molecule has 2 aromatic carbocycles. The molecule has 39 heavy (non-hydrogen) atoms. The largest absolute Gasteiger partial charge is 0.463 e. The van der Waals surface area contributed by atoms with Crippen LogP contribution in [0.3, 0.4) is 0 Å². The minimum atomic E-state index is -1.60. The van der Waals surface area contributed by atoms with Gasteiger partial charge in [0.05, 0.1) is 22.3 Å². The maximum absolute atomic E-state index is 13.9. The molecule has 1 aliphatic heterocycles. The number of nitrogens with zero attached hydrogens (tertiary/aromatic N) is 3. The highest BCUT2D eigenvalue weighted by Crippen LogP contribution is 2.44. The molecule has 0 saturated carbocycles. The minimum Gasteiger partial charge on any atom is -0.463 e. The van der Waals surface area contributed by atoms with E-state index in [0.717, 1.165) is 17.0 Å². The molecule has 3 aromatic rings. The zero-order chi connectivity index (χ0) is 28.4. The number of carbonyl (C=O) groups is 2. The smallest absolute Gasteiger partial charge is 0.303 e. The summed E-state index contributed by atoms with van der Waals surface area (Å²) >= 11 is 13.5. The Bertz CT molecular complexity index is 1370. The quantitative estimate of drug-likeness (QED) is 0.245. The van der Waals surface area contributed by atoms with Gasteiger partial charge in [-0.05, 0) is 30.3 Å². The average molecular weight is 604 g/mol. The molecule has 5 atom stereocenters. The second-order valence-electron chi connectivity index (χ2n) is 8.80. The van der Waals surface area contributed by atoms with Crippen LogP contribution in [0.1, 0.15) is 26.8 Å². The van der Waals surface area contributed by atoms with E-state index in [1.54, 1.807) is 18.2 Å².